The molecule has 102 valence electrons. The zero-order valence-corrected chi connectivity index (χ0v) is 10.2. The number of nitrogens with two attached hydrogens (primary N) is 1. The van der Waals surface area contributed by atoms with E-state index >= 15 is 0 Å². The number of rotatable bonds is 3. The quantitative estimate of drug-likeness (QED) is 0.498. The van der Waals surface area contributed by atoms with Crippen LogP contribution in [-0.2, 0) is 0 Å². The molecule has 5 N–H and O–H groups in total. The van der Waals surface area contributed by atoms with Crippen LogP contribution in [-0.4, -0.2) is 27.1 Å². The molecule has 0 amide bonds. The van der Waals surface area contributed by atoms with Crippen molar-refractivity contribution in [2.45, 2.75) is 0 Å². The van der Waals surface area contributed by atoms with Crippen LogP contribution < -0.4 is 5.73 Å². The van der Waals surface area contributed by atoms with Crippen LogP contribution in [0.1, 0.15) is 26.3 Å². The number of carbonyl (C=O) groups excluding carboxylic acids is 1. The van der Waals surface area contributed by atoms with Gasteiger partial charge in [0, 0.05) is 5.69 Å². The molecule has 0 radical (unpaired) electrons. The van der Waals surface area contributed by atoms with Gasteiger partial charge in [0.1, 0.15) is 11.5 Å². The van der Waals surface area contributed by atoms with Gasteiger partial charge in [0.25, 0.3) is 0 Å². The summed E-state index contributed by atoms with van der Waals surface area (Å²) in [5, 5.41) is 28.3. The minimum atomic E-state index is -1.27. The van der Waals surface area contributed by atoms with E-state index in [1.165, 1.54) is 12.1 Å². The van der Waals surface area contributed by atoms with Gasteiger partial charge in [-0.15, -0.1) is 0 Å². The number of anilines is 1. The molecule has 6 heteroatoms. The molecule has 0 heterocycles. The molecule has 0 saturated heterocycles. The number of phenols is 2. The second-order valence-electron chi connectivity index (χ2n) is 4.11. The molecule has 2 aromatic rings. The number of carboxylic acid groups (broad SMARTS) is 1. The van der Waals surface area contributed by atoms with Crippen molar-refractivity contribution in [2.75, 3.05) is 5.73 Å². The number of hydrogen-bond donors (Lipinski definition) is 4. The maximum Gasteiger partial charge on any atom is 0.335 e. The molecule has 0 bridgehead atoms. The third kappa shape index (κ3) is 2.26. The number of ketones is 1. The maximum absolute atomic E-state index is 12.2. The van der Waals surface area contributed by atoms with E-state index in [0.29, 0.717) is 0 Å². The highest BCUT2D eigenvalue weighted by atomic mass is 16.4. The number of carboxylic acids is 1. The van der Waals surface area contributed by atoms with Gasteiger partial charge in [-0.2, -0.15) is 0 Å². The summed E-state index contributed by atoms with van der Waals surface area (Å²) >= 11 is 0. The Labute approximate surface area is 113 Å². The summed E-state index contributed by atoms with van der Waals surface area (Å²) in [7, 11) is 0. The maximum atomic E-state index is 12.2. The Balaban J connectivity index is 2.57. The molecule has 2 aromatic carbocycles. The predicted molar refractivity (Wildman–Crippen MR) is 71.0 cm³/mol. The van der Waals surface area contributed by atoms with Crippen LogP contribution in [0.3, 0.4) is 0 Å². The van der Waals surface area contributed by atoms with Crippen LogP contribution in [0.5, 0.6) is 11.5 Å². The molecule has 0 aliphatic heterocycles. The molecule has 0 unspecified atom stereocenters. The third-order valence-corrected chi connectivity index (χ3v) is 2.77. The van der Waals surface area contributed by atoms with Crippen LogP contribution in [0.25, 0.3) is 0 Å². The van der Waals surface area contributed by atoms with Gasteiger partial charge < -0.3 is 21.1 Å². The Morgan fingerprint density at radius 2 is 1.65 bits per heavy atom. The topological polar surface area (TPSA) is 121 Å². The standard InChI is InChI=1S/C14H11NO5/c15-9-5-7(14(19)20)6-11(17)12(9)13(18)8-3-1-2-4-10(8)16/h1-6,16-17H,15H2,(H,19,20). The van der Waals surface area contributed by atoms with Crippen molar-refractivity contribution in [2.24, 2.45) is 0 Å². The fourth-order valence-corrected chi connectivity index (χ4v) is 1.82. The van der Waals surface area contributed by atoms with E-state index in [1.807, 2.05) is 0 Å². The Kier molecular flexibility index (Phi) is 3.30. The van der Waals surface area contributed by atoms with E-state index in [-0.39, 0.29) is 28.1 Å². The minimum absolute atomic E-state index is 0.0300. The summed E-state index contributed by atoms with van der Waals surface area (Å²) in [5.74, 6) is -2.75. The lowest BCUT2D eigenvalue weighted by Crippen LogP contribution is -2.08. The molecular formula is C14H11NO5. The van der Waals surface area contributed by atoms with Crippen molar-refractivity contribution in [3.05, 3.63) is 53.1 Å². The summed E-state index contributed by atoms with van der Waals surface area (Å²) in [5.41, 5.74) is 4.95. The number of phenolic OH excluding ortho intramolecular Hbond substituents is 2. The Bertz CT molecular complexity index is 685. The largest absolute Gasteiger partial charge is 0.507 e. The average Bonchev–Trinajstić information content (AvgIpc) is 2.38. The molecule has 2 rings (SSSR count). The Morgan fingerprint density at radius 1 is 1.00 bits per heavy atom. The summed E-state index contributed by atoms with van der Waals surface area (Å²) in [6.07, 6.45) is 0. The van der Waals surface area contributed by atoms with Crippen molar-refractivity contribution >= 4 is 17.4 Å². The van der Waals surface area contributed by atoms with E-state index in [9.17, 15) is 19.8 Å². The Morgan fingerprint density at radius 3 is 2.20 bits per heavy atom. The second kappa shape index (κ2) is 4.93. The van der Waals surface area contributed by atoms with E-state index in [4.69, 9.17) is 10.8 Å². The summed E-state index contributed by atoms with van der Waals surface area (Å²) in [6, 6.07) is 7.81. The highest BCUT2D eigenvalue weighted by Gasteiger charge is 2.21. The van der Waals surface area contributed by atoms with Crippen molar-refractivity contribution in [1.29, 1.82) is 0 Å². The van der Waals surface area contributed by atoms with Gasteiger partial charge in [-0.1, -0.05) is 12.1 Å². The first-order chi connectivity index (χ1) is 9.41. The highest BCUT2D eigenvalue weighted by Crippen LogP contribution is 2.30. The molecule has 0 atom stereocenters. The molecule has 20 heavy (non-hydrogen) atoms. The molecule has 0 aliphatic carbocycles. The molecule has 0 aromatic heterocycles. The van der Waals surface area contributed by atoms with Gasteiger partial charge in [-0.3, -0.25) is 4.79 Å². The predicted octanol–water partition coefficient (Wildman–Crippen LogP) is 1.61. The first-order valence-corrected chi connectivity index (χ1v) is 5.60. The van der Waals surface area contributed by atoms with Gasteiger partial charge in [0.2, 0.25) is 5.78 Å². The molecule has 6 nitrogen and oxygen atoms in total. The van der Waals surface area contributed by atoms with Crippen molar-refractivity contribution in [3.63, 3.8) is 0 Å². The molecule has 0 aliphatic rings. The molecular weight excluding hydrogens is 262 g/mol. The van der Waals surface area contributed by atoms with Crippen molar-refractivity contribution in [1.82, 2.24) is 0 Å². The summed E-state index contributed by atoms with van der Waals surface area (Å²) in [6.45, 7) is 0. The first-order valence-electron chi connectivity index (χ1n) is 5.60. The smallest absolute Gasteiger partial charge is 0.335 e. The van der Waals surface area contributed by atoms with Gasteiger partial charge in [0.05, 0.1) is 16.7 Å². The number of nitrogen functional groups attached to an aromatic ring is 1. The first kappa shape index (κ1) is 13.4. The fraction of sp³-hybridized carbons (Fsp3) is 0. The van der Waals surface area contributed by atoms with Gasteiger partial charge in [-0.25, -0.2) is 4.79 Å². The van der Waals surface area contributed by atoms with Crippen LogP contribution in [0, 0.1) is 0 Å². The zero-order valence-electron chi connectivity index (χ0n) is 10.2. The summed E-state index contributed by atoms with van der Waals surface area (Å²) in [4.78, 5) is 23.1. The monoisotopic (exact) mass is 273 g/mol. The molecule has 0 fully saturated rings. The van der Waals surface area contributed by atoms with Crippen LogP contribution in [0.15, 0.2) is 36.4 Å². The van der Waals surface area contributed by atoms with E-state index in [2.05, 4.69) is 0 Å². The normalized spacial score (nSPS) is 10.2. The van der Waals surface area contributed by atoms with Gasteiger partial charge in [-0.05, 0) is 24.3 Å². The number of para-hydroxylation sites is 1. The molecule has 0 saturated carbocycles. The number of hydrogen-bond acceptors (Lipinski definition) is 5. The van der Waals surface area contributed by atoms with Crippen molar-refractivity contribution < 1.29 is 24.9 Å². The lowest BCUT2D eigenvalue weighted by molar-refractivity contribution is 0.0696. The lowest BCUT2D eigenvalue weighted by atomic mass is 9.98. The number of aromatic hydroxyl groups is 2. The Hall–Kier alpha value is -3.02. The fourth-order valence-electron chi connectivity index (χ4n) is 1.82. The number of carbonyl (C=O) groups is 2. The number of aromatic carboxylic acids is 1. The SMILES string of the molecule is Nc1cc(C(=O)O)cc(O)c1C(=O)c1ccccc1O. The van der Waals surface area contributed by atoms with Gasteiger partial charge >= 0.3 is 5.97 Å². The van der Waals surface area contributed by atoms with E-state index in [1.54, 1.807) is 12.1 Å². The average molecular weight is 273 g/mol. The summed E-state index contributed by atoms with van der Waals surface area (Å²) < 4.78 is 0. The second-order valence-corrected chi connectivity index (χ2v) is 4.11. The number of benzene rings is 2. The van der Waals surface area contributed by atoms with E-state index < -0.39 is 17.5 Å². The van der Waals surface area contributed by atoms with Crippen LogP contribution in [0.4, 0.5) is 5.69 Å². The van der Waals surface area contributed by atoms with Crippen LogP contribution >= 0.6 is 0 Å². The molecule has 0 spiro atoms. The van der Waals surface area contributed by atoms with Crippen molar-refractivity contribution in [3.8, 4) is 11.5 Å². The van der Waals surface area contributed by atoms with E-state index in [0.717, 1.165) is 12.1 Å². The van der Waals surface area contributed by atoms with Crippen LogP contribution in [0.2, 0.25) is 0 Å². The zero-order chi connectivity index (χ0) is 14.9. The highest BCUT2D eigenvalue weighted by molar-refractivity contribution is 6.15. The van der Waals surface area contributed by atoms with Gasteiger partial charge in [0.15, 0.2) is 0 Å². The minimum Gasteiger partial charge on any atom is -0.507 e. The lowest BCUT2D eigenvalue weighted by Gasteiger charge is -2.09. The third-order valence-electron chi connectivity index (χ3n) is 2.77.